The minimum absolute atomic E-state index is 0.0705. The number of rotatable bonds is 5. The number of aryl methyl sites for hydroxylation is 1. The van der Waals surface area contributed by atoms with Gasteiger partial charge in [0.25, 0.3) is 0 Å². The summed E-state index contributed by atoms with van der Waals surface area (Å²) < 4.78 is 0. The number of aliphatic carboxylic acids is 1. The van der Waals surface area contributed by atoms with Gasteiger partial charge in [-0.2, -0.15) is 0 Å². The summed E-state index contributed by atoms with van der Waals surface area (Å²) in [4.78, 5) is 10.9. The van der Waals surface area contributed by atoms with Crippen LogP contribution in [0.4, 0.5) is 0 Å². The van der Waals surface area contributed by atoms with E-state index in [2.05, 4.69) is 24.3 Å². The molecule has 4 heteroatoms. The van der Waals surface area contributed by atoms with Crippen molar-refractivity contribution in [2.45, 2.75) is 25.7 Å². The third-order valence-corrected chi connectivity index (χ3v) is 4.71. The summed E-state index contributed by atoms with van der Waals surface area (Å²) in [5.74, 6) is -0.400. The van der Waals surface area contributed by atoms with Gasteiger partial charge in [0.05, 0.1) is 0 Å². The number of hydrogen-bond acceptors (Lipinski definition) is 2. The van der Waals surface area contributed by atoms with Crippen molar-refractivity contribution in [2.24, 2.45) is 11.7 Å². The van der Waals surface area contributed by atoms with E-state index in [9.17, 15) is 4.79 Å². The highest BCUT2D eigenvalue weighted by Crippen LogP contribution is 2.28. The van der Waals surface area contributed by atoms with Gasteiger partial charge in [-0.3, -0.25) is 10.2 Å². The fourth-order valence-corrected chi connectivity index (χ4v) is 3.34. The van der Waals surface area contributed by atoms with Crippen LogP contribution in [0.25, 0.3) is 12.2 Å². The molecule has 2 aromatic rings. The minimum atomic E-state index is -0.710. The fraction of sp³-hybridized carbons (Fsp3) is 0.238. The van der Waals surface area contributed by atoms with Crippen molar-refractivity contribution in [3.63, 3.8) is 0 Å². The first kappa shape index (κ1) is 17.0. The topological polar surface area (TPSA) is 87.2 Å². The Morgan fingerprint density at radius 1 is 1.12 bits per heavy atom. The molecule has 4 nitrogen and oxygen atoms in total. The first-order valence-electron chi connectivity index (χ1n) is 8.47. The number of benzene rings is 2. The number of nitrogens with one attached hydrogen (secondary N) is 1. The lowest BCUT2D eigenvalue weighted by Gasteiger charge is -2.23. The Hall–Kier alpha value is -2.88. The van der Waals surface area contributed by atoms with Crippen molar-refractivity contribution in [1.29, 1.82) is 5.41 Å². The Kier molecular flexibility index (Phi) is 4.98. The third kappa shape index (κ3) is 4.35. The highest BCUT2D eigenvalue weighted by atomic mass is 16.4. The van der Waals surface area contributed by atoms with Crippen LogP contribution >= 0.6 is 0 Å². The van der Waals surface area contributed by atoms with E-state index in [1.807, 2.05) is 30.3 Å². The Morgan fingerprint density at radius 3 is 2.48 bits per heavy atom. The second kappa shape index (κ2) is 7.34. The molecule has 0 amide bonds. The zero-order valence-corrected chi connectivity index (χ0v) is 14.0. The largest absolute Gasteiger partial charge is 0.481 e. The lowest BCUT2D eigenvalue weighted by molar-refractivity contribution is -0.138. The van der Waals surface area contributed by atoms with Gasteiger partial charge in [-0.25, -0.2) is 0 Å². The molecule has 0 saturated carbocycles. The summed E-state index contributed by atoms with van der Waals surface area (Å²) in [5.41, 5.74) is 11.0. The number of nitrogen functional groups attached to an aromatic ring is 1. The molecule has 0 heterocycles. The molecule has 1 aliphatic carbocycles. The average Bonchev–Trinajstić information content (AvgIpc) is 2.59. The number of amidine groups is 1. The molecule has 1 atom stereocenters. The average molecular weight is 334 g/mol. The Morgan fingerprint density at radius 2 is 1.80 bits per heavy atom. The zero-order chi connectivity index (χ0) is 17.8. The van der Waals surface area contributed by atoms with Crippen molar-refractivity contribution in [1.82, 2.24) is 0 Å². The van der Waals surface area contributed by atoms with Crippen LogP contribution in [0.3, 0.4) is 0 Å². The molecule has 0 aromatic heterocycles. The van der Waals surface area contributed by atoms with Crippen LogP contribution in [0.2, 0.25) is 0 Å². The predicted molar refractivity (Wildman–Crippen MR) is 101 cm³/mol. The molecule has 3 rings (SSSR count). The van der Waals surface area contributed by atoms with Crippen LogP contribution in [0, 0.1) is 11.3 Å². The molecule has 0 bridgehead atoms. The smallest absolute Gasteiger partial charge is 0.303 e. The molecular formula is C21H22N2O2. The molecule has 1 aliphatic rings. The van der Waals surface area contributed by atoms with E-state index in [1.165, 1.54) is 11.1 Å². The SMILES string of the molecule is N=C(N)c1ccc(/C=C/c2ccc3c(c2)CC(CC(=O)O)CC3)cc1. The fourth-order valence-electron chi connectivity index (χ4n) is 3.34. The summed E-state index contributed by atoms with van der Waals surface area (Å²) in [6.07, 6.45) is 7.10. The molecule has 25 heavy (non-hydrogen) atoms. The summed E-state index contributed by atoms with van der Waals surface area (Å²) in [7, 11) is 0. The van der Waals surface area contributed by atoms with E-state index in [0.717, 1.165) is 36.0 Å². The Balaban J connectivity index is 1.73. The number of nitrogens with two attached hydrogens (primary N) is 1. The molecule has 2 aromatic carbocycles. The van der Waals surface area contributed by atoms with Crippen molar-refractivity contribution in [2.75, 3.05) is 0 Å². The maximum absolute atomic E-state index is 10.9. The van der Waals surface area contributed by atoms with Gasteiger partial charge in [0.1, 0.15) is 5.84 Å². The number of carboxylic acids is 1. The van der Waals surface area contributed by atoms with Crippen LogP contribution in [-0.4, -0.2) is 16.9 Å². The van der Waals surface area contributed by atoms with E-state index in [0.29, 0.717) is 0 Å². The van der Waals surface area contributed by atoms with Gasteiger partial charge in [0.2, 0.25) is 0 Å². The minimum Gasteiger partial charge on any atom is -0.481 e. The molecular weight excluding hydrogens is 312 g/mol. The molecule has 0 spiro atoms. The number of hydrogen-bond donors (Lipinski definition) is 3. The lowest BCUT2D eigenvalue weighted by Crippen LogP contribution is -2.17. The van der Waals surface area contributed by atoms with Gasteiger partial charge in [0, 0.05) is 12.0 Å². The maximum Gasteiger partial charge on any atom is 0.303 e. The Labute approximate surface area is 147 Å². The van der Waals surface area contributed by atoms with Crippen LogP contribution < -0.4 is 5.73 Å². The highest BCUT2D eigenvalue weighted by molar-refractivity contribution is 5.95. The zero-order valence-electron chi connectivity index (χ0n) is 14.0. The first-order valence-corrected chi connectivity index (χ1v) is 8.47. The lowest BCUT2D eigenvalue weighted by atomic mass is 9.81. The van der Waals surface area contributed by atoms with Crippen molar-refractivity contribution >= 4 is 24.0 Å². The highest BCUT2D eigenvalue weighted by Gasteiger charge is 2.20. The predicted octanol–water partition coefficient (Wildman–Crippen LogP) is 3.72. The summed E-state index contributed by atoms with van der Waals surface area (Å²) in [6.45, 7) is 0. The third-order valence-electron chi connectivity index (χ3n) is 4.71. The van der Waals surface area contributed by atoms with E-state index in [-0.39, 0.29) is 18.2 Å². The van der Waals surface area contributed by atoms with E-state index < -0.39 is 5.97 Å². The maximum atomic E-state index is 10.9. The second-order valence-electron chi connectivity index (χ2n) is 6.60. The molecule has 128 valence electrons. The van der Waals surface area contributed by atoms with Gasteiger partial charge in [0.15, 0.2) is 0 Å². The molecule has 0 saturated heterocycles. The number of carboxylic acid groups (broad SMARTS) is 1. The van der Waals surface area contributed by atoms with E-state index >= 15 is 0 Å². The van der Waals surface area contributed by atoms with Crippen LogP contribution in [0.1, 0.15) is 40.7 Å². The second-order valence-corrected chi connectivity index (χ2v) is 6.60. The van der Waals surface area contributed by atoms with E-state index in [4.69, 9.17) is 16.2 Å². The van der Waals surface area contributed by atoms with Gasteiger partial charge < -0.3 is 10.8 Å². The van der Waals surface area contributed by atoms with Crippen LogP contribution in [0.5, 0.6) is 0 Å². The van der Waals surface area contributed by atoms with Gasteiger partial charge >= 0.3 is 5.97 Å². The molecule has 1 unspecified atom stereocenters. The quantitative estimate of drug-likeness (QED) is 0.442. The summed E-state index contributed by atoms with van der Waals surface area (Å²) >= 11 is 0. The van der Waals surface area contributed by atoms with Crippen LogP contribution in [0.15, 0.2) is 42.5 Å². The number of carbonyl (C=O) groups is 1. The summed E-state index contributed by atoms with van der Waals surface area (Å²) in [5, 5.41) is 16.4. The standard InChI is InChI=1S/C21H22N2O2/c22-21(23)18-9-3-14(4-10-18)1-2-15-5-7-17-8-6-16(13-20(24)25)12-19(17)11-15/h1-5,7,9-11,16H,6,8,12-13H2,(H3,22,23)(H,24,25)/b2-1+. The van der Waals surface area contributed by atoms with Gasteiger partial charge in [-0.1, -0.05) is 54.6 Å². The molecule has 4 N–H and O–H groups in total. The normalized spacial score (nSPS) is 16.6. The van der Waals surface area contributed by atoms with Crippen molar-refractivity contribution in [3.05, 3.63) is 70.3 Å². The monoisotopic (exact) mass is 334 g/mol. The van der Waals surface area contributed by atoms with Crippen LogP contribution in [-0.2, 0) is 17.6 Å². The van der Waals surface area contributed by atoms with E-state index in [1.54, 1.807) is 0 Å². The number of fused-ring (bicyclic) bond motifs is 1. The Bertz CT molecular complexity index is 822. The summed E-state index contributed by atoms with van der Waals surface area (Å²) in [6, 6.07) is 14.0. The first-order chi connectivity index (χ1) is 12.0. The molecule has 0 radical (unpaired) electrons. The van der Waals surface area contributed by atoms with Gasteiger partial charge in [-0.05, 0) is 47.4 Å². The van der Waals surface area contributed by atoms with Gasteiger partial charge in [-0.15, -0.1) is 0 Å². The van der Waals surface area contributed by atoms with Crippen molar-refractivity contribution < 1.29 is 9.90 Å². The van der Waals surface area contributed by atoms with Crippen molar-refractivity contribution in [3.8, 4) is 0 Å². The molecule has 0 aliphatic heterocycles. The molecule has 0 fully saturated rings.